The molecule has 29 heavy (non-hydrogen) atoms. The van der Waals surface area contributed by atoms with Gasteiger partial charge in [0.15, 0.2) is 5.65 Å². The van der Waals surface area contributed by atoms with Crippen molar-refractivity contribution in [1.82, 2.24) is 34.5 Å². The number of benzene rings is 1. The van der Waals surface area contributed by atoms with Crippen molar-refractivity contribution >= 4 is 33.8 Å². The molecule has 3 aromatic heterocycles. The Morgan fingerprint density at radius 3 is 2.79 bits per heavy atom. The van der Waals surface area contributed by atoms with Gasteiger partial charge in [0, 0.05) is 26.2 Å². The van der Waals surface area contributed by atoms with E-state index in [0.29, 0.717) is 28.1 Å². The molecule has 0 spiro atoms. The maximum atomic E-state index is 13.3. The number of nitrogens with one attached hydrogen (secondary N) is 1. The van der Waals surface area contributed by atoms with Gasteiger partial charge in [0.25, 0.3) is 5.56 Å². The molecule has 0 bridgehead atoms. The molecule has 0 saturated carbocycles. The molecule has 4 heterocycles. The number of rotatable bonds is 4. The molecule has 1 fully saturated rings. The van der Waals surface area contributed by atoms with E-state index in [9.17, 15) is 4.79 Å². The van der Waals surface area contributed by atoms with Crippen molar-refractivity contribution in [3.05, 3.63) is 53.1 Å². The van der Waals surface area contributed by atoms with Gasteiger partial charge in [0.2, 0.25) is 0 Å². The van der Waals surface area contributed by atoms with Crippen LogP contribution in [0.5, 0.6) is 0 Å². The number of para-hydroxylation sites is 1. The fourth-order valence-electron chi connectivity index (χ4n) is 3.53. The van der Waals surface area contributed by atoms with Crippen LogP contribution in [0.4, 0.5) is 0 Å². The molecule has 10 heteroatoms. The number of imidazole rings is 1. The van der Waals surface area contributed by atoms with E-state index < -0.39 is 0 Å². The normalized spacial score (nSPS) is 15.4. The predicted octanol–water partition coefficient (Wildman–Crippen LogP) is 1.24. The van der Waals surface area contributed by atoms with Crippen LogP contribution in [0.3, 0.4) is 0 Å². The highest BCUT2D eigenvalue weighted by Crippen LogP contribution is 2.25. The van der Waals surface area contributed by atoms with Gasteiger partial charge in [-0.3, -0.25) is 4.79 Å². The van der Waals surface area contributed by atoms with E-state index in [1.807, 2.05) is 24.3 Å². The molecule has 1 aromatic carbocycles. The quantitative estimate of drug-likeness (QED) is 0.398. The summed E-state index contributed by atoms with van der Waals surface area (Å²) in [7, 11) is 2.10. The zero-order chi connectivity index (χ0) is 19.8. The van der Waals surface area contributed by atoms with Gasteiger partial charge < -0.3 is 14.9 Å². The third-order valence-corrected chi connectivity index (χ3v) is 6.08. The second-order valence-electron chi connectivity index (χ2n) is 6.99. The first-order valence-corrected chi connectivity index (χ1v) is 10.4. The Morgan fingerprint density at radius 1 is 1.10 bits per heavy atom. The van der Waals surface area contributed by atoms with Crippen LogP contribution >= 0.6 is 11.8 Å². The molecule has 1 N–H and O–H groups in total. The van der Waals surface area contributed by atoms with Gasteiger partial charge >= 0.3 is 0 Å². The molecule has 1 aliphatic heterocycles. The fourth-order valence-corrected chi connectivity index (χ4v) is 4.39. The molecular formula is C19H20N8OS. The van der Waals surface area contributed by atoms with Gasteiger partial charge in [0.05, 0.1) is 23.0 Å². The van der Waals surface area contributed by atoms with Crippen LogP contribution < -0.4 is 10.6 Å². The van der Waals surface area contributed by atoms with E-state index in [-0.39, 0.29) is 5.56 Å². The third kappa shape index (κ3) is 3.34. The van der Waals surface area contributed by atoms with Crippen LogP contribution in [-0.4, -0.2) is 67.7 Å². The summed E-state index contributed by atoms with van der Waals surface area (Å²) in [4.78, 5) is 36.3. The van der Waals surface area contributed by atoms with E-state index in [2.05, 4.69) is 36.9 Å². The molecule has 4 aromatic rings. The molecule has 0 atom stereocenters. The molecule has 5 rings (SSSR count). The van der Waals surface area contributed by atoms with E-state index in [4.69, 9.17) is 4.98 Å². The van der Waals surface area contributed by atoms with Crippen molar-refractivity contribution in [2.75, 3.05) is 38.2 Å². The number of fused-ring (bicyclic) bond motifs is 2. The van der Waals surface area contributed by atoms with Crippen molar-refractivity contribution in [2.45, 2.75) is 10.8 Å². The second kappa shape index (κ2) is 7.45. The molecule has 1 aliphatic rings. The van der Waals surface area contributed by atoms with Crippen LogP contribution in [-0.2, 0) is 5.75 Å². The largest absolute Gasteiger partial charge is 0.329 e. The van der Waals surface area contributed by atoms with Crippen molar-refractivity contribution in [3.63, 3.8) is 0 Å². The molecular weight excluding hydrogens is 388 g/mol. The van der Waals surface area contributed by atoms with Gasteiger partial charge in [-0.1, -0.05) is 23.9 Å². The first-order chi connectivity index (χ1) is 14.2. The lowest BCUT2D eigenvalue weighted by atomic mass is 10.2. The van der Waals surface area contributed by atoms with Crippen LogP contribution in [0.2, 0.25) is 0 Å². The highest BCUT2D eigenvalue weighted by Gasteiger charge is 2.21. The van der Waals surface area contributed by atoms with Gasteiger partial charge in [-0.05, 0) is 19.2 Å². The SMILES string of the molecule is CN1CCN(n2c(CSc3ncnc4[nH]cnc34)nc3ccccc3c2=O)CC1. The van der Waals surface area contributed by atoms with E-state index in [0.717, 1.165) is 36.7 Å². The zero-order valence-corrected chi connectivity index (χ0v) is 16.8. The number of piperazine rings is 1. The van der Waals surface area contributed by atoms with Crippen molar-refractivity contribution in [3.8, 4) is 0 Å². The summed E-state index contributed by atoms with van der Waals surface area (Å²) in [6, 6.07) is 7.51. The first kappa shape index (κ1) is 18.1. The van der Waals surface area contributed by atoms with Crippen LogP contribution in [0.1, 0.15) is 5.82 Å². The molecule has 9 nitrogen and oxygen atoms in total. The van der Waals surface area contributed by atoms with Gasteiger partial charge in [-0.2, -0.15) is 0 Å². The number of hydrogen-bond donors (Lipinski definition) is 1. The smallest absolute Gasteiger partial charge is 0.280 e. The number of aromatic nitrogens is 6. The van der Waals surface area contributed by atoms with Gasteiger partial charge in [0.1, 0.15) is 22.7 Å². The van der Waals surface area contributed by atoms with Crippen LogP contribution in [0.25, 0.3) is 22.1 Å². The monoisotopic (exact) mass is 408 g/mol. The van der Waals surface area contributed by atoms with E-state index in [1.54, 1.807) is 11.0 Å². The van der Waals surface area contributed by atoms with Crippen LogP contribution in [0, 0.1) is 0 Å². The Hall–Kier alpha value is -2.98. The number of H-pyrrole nitrogens is 1. The minimum atomic E-state index is -0.0247. The Balaban J connectivity index is 1.55. The Kier molecular flexibility index (Phi) is 4.64. The summed E-state index contributed by atoms with van der Waals surface area (Å²) in [6.45, 7) is 3.38. The summed E-state index contributed by atoms with van der Waals surface area (Å²) in [5.74, 6) is 1.22. The van der Waals surface area contributed by atoms with Gasteiger partial charge in [-0.25, -0.2) is 24.6 Å². The second-order valence-corrected chi connectivity index (χ2v) is 7.95. The average Bonchev–Trinajstić information content (AvgIpc) is 3.23. The maximum Gasteiger partial charge on any atom is 0.280 e. The summed E-state index contributed by atoms with van der Waals surface area (Å²) >= 11 is 1.51. The number of thioether (sulfide) groups is 1. The molecule has 148 valence electrons. The number of hydrogen-bond acceptors (Lipinski definition) is 8. The van der Waals surface area contributed by atoms with Crippen molar-refractivity contribution in [1.29, 1.82) is 0 Å². The molecule has 0 radical (unpaired) electrons. The average molecular weight is 408 g/mol. The van der Waals surface area contributed by atoms with Crippen molar-refractivity contribution in [2.24, 2.45) is 0 Å². The molecule has 0 amide bonds. The van der Waals surface area contributed by atoms with Gasteiger partial charge in [-0.15, -0.1) is 0 Å². The number of likely N-dealkylation sites (N-methyl/N-ethyl adjacent to an activating group) is 1. The van der Waals surface area contributed by atoms with Crippen LogP contribution in [0.15, 0.2) is 46.7 Å². The molecule has 0 aliphatic carbocycles. The Bertz CT molecular complexity index is 1230. The molecule has 0 unspecified atom stereocenters. The zero-order valence-electron chi connectivity index (χ0n) is 15.9. The van der Waals surface area contributed by atoms with E-state index in [1.165, 1.54) is 18.1 Å². The topological polar surface area (TPSA) is 95.8 Å². The predicted molar refractivity (Wildman–Crippen MR) is 113 cm³/mol. The summed E-state index contributed by atoms with van der Waals surface area (Å²) in [6.07, 6.45) is 3.13. The lowest BCUT2D eigenvalue weighted by molar-refractivity contribution is 0.284. The minimum absolute atomic E-state index is 0.0247. The molecule has 1 saturated heterocycles. The van der Waals surface area contributed by atoms with E-state index >= 15 is 0 Å². The maximum absolute atomic E-state index is 13.3. The Morgan fingerprint density at radius 2 is 1.93 bits per heavy atom. The third-order valence-electron chi connectivity index (χ3n) is 5.10. The minimum Gasteiger partial charge on any atom is -0.329 e. The highest BCUT2D eigenvalue weighted by molar-refractivity contribution is 7.98. The summed E-state index contributed by atoms with van der Waals surface area (Å²) < 4.78 is 1.76. The first-order valence-electron chi connectivity index (χ1n) is 9.42. The number of nitrogens with zero attached hydrogens (tertiary/aromatic N) is 7. The highest BCUT2D eigenvalue weighted by atomic mass is 32.2. The number of aromatic amines is 1. The standard InChI is InChI=1S/C19H20N8OS/c1-25-6-8-26(9-7-25)27-15(24-14-5-3-2-4-13(14)19(27)28)10-29-18-16-17(21-11-20-16)22-12-23-18/h2-5,11-12H,6-10H2,1H3,(H,20,21,22,23). The Labute approximate surface area is 170 Å². The van der Waals surface area contributed by atoms with Crippen molar-refractivity contribution < 1.29 is 0 Å². The summed E-state index contributed by atoms with van der Waals surface area (Å²) in [5.41, 5.74) is 2.12. The summed E-state index contributed by atoms with van der Waals surface area (Å²) in [5, 5.41) is 3.50. The lowest BCUT2D eigenvalue weighted by Gasteiger charge is -2.35. The fraction of sp³-hybridized carbons (Fsp3) is 0.316. The lowest BCUT2D eigenvalue weighted by Crippen LogP contribution is -2.54.